The molecule has 0 aromatic carbocycles. The smallest absolute Gasteiger partial charge is 0.250 e. The van der Waals surface area contributed by atoms with Crippen molar-refractivity contribution in [1.29, 1.82) is 0 Å². The van der Waals surface area contributed by atoms with E-state index in [-0.39, 0.29) is 5.56 Å². The fraction of sp³-hybridized carbons (Fsp3) is 0.500. The lowest BCUT2D eigenvalue weighted by atomic mass is 10.3. The Kier molecular flexibility index (Phi) is 4.09. The van der Waals surface area contributed by atoms with Crippen molar-refractivity contribution < 1.29 is 0 Å². The van der Waals surface area contributed by atoms with Crippen LogP contribution in [0.3, 0.4) is 0 Å². The second-order valence-corrected chi connectivity index (χ2v) is 3.61. The molecular formula is C10H15NOS. The van der Waals surface area contributed by atoms with E-state index in [4.69, 9.17) is 0 Å². The zero-order valence-corrected chi connectivity index (χ0v) is 8.76. The molecule has 72 valence electrons. The van der Waals surface area contributed by atoms with Gasteiger partial charge in [0.2, 0.25) is 0 Å². The van der Waals surface area contributed by atoms with Gasteiger partial charge in [0.1, 0.15) is 0 Å². The Labute approximate surface area is 84.0 Å². The van der Waals surface area contributed by atoms with E-state index in [1.165, 1.54) is 0 Å². The van der Waals surface area contributed by atoms with Crippen molar-refractivity contribution in [2.24, 2.45) is 0 Å². The molecule has 0 fully saturated rings. The normalized spacial score (nSPS) is 10.3. The van der Waals surface area contributed by atoms with Crippen molar-refractivity contribution in [3.63, 3.8) is 0 Å². The summed E-state index contributed by atoms with van der Waals surface area (Å²) in [6.45, 7) is 2.74. The van der Waals surface area contributed by atoms with Crippen LogP contribution in [0.15, 0.2) is 23.1 Å². The van der Waals surface area contributed by atoms with Crippen LogP contribution in [0.5, 0.6) is 0 Å². The molecule has 0 saturated heterocycles. The van der Waals surface area contributed by atoms with E-state index in [1.807, 2.05) is 19.2 Å². The number of unbranched alkanes of at least 4 members (excludes halogenated alkanes) is 1. The molecule has 0 bridgehead atoms. The van der Waals surface area contributed by atoms with Crippen molar-refractivity contribution in [2.45, 2.75) is 26.3 Å². The van der Waals surface area contributed by atoms with Gasteiger partial charge in [-0.1, -0.05) is 0 Å². The summed E-state index contributed by atoms with van der Waals surface area (Å²) in [7, 11) is 0. The summed E-state index contributed by atoms with van der Waals surface area (Å²) >= 11 is 4.12. The highest BCUT2D eigenvalue weighted by Gasteiger charge is 1.94. The quantitative estimate of drug-likeness (QED) is 0.577. The minimum atomic E-state index is 0.0964. The Hall–Kier alpha value is -0.700. The van der Waals surface area contributed by atoms with E-state index in [9.17, 15) is 4.79 Å². The second-order valence-electron chi connectivity index (χ2n) is 3.17. The molecule has 1 rings (SSSR count). The molecule has 0 aliphatic heterocycles. The molecule has 1 heterocycles. The lowest BCUT2D eigenvalue weighted by molar-refractivity contribution is 0.615. The van der Waals surface area contributed by atoms with Crippen LogP contribution in [0.1, 0.15) is 18.4 Å². The molecule has 13 heavy (non-hydrogen) atoms. The molecule has 2 nitrogen and oxygen atoms in total. The zero-order valence-electron chi connectivity index (χ0n) is 7.86. The summed E-state index contributed by atoms with van der Waals surface area (Å²) in [5.41, 5.74) is 1.12. The van der Waals surface area contributed by atoms with Gasteiger partial charge in [-0.2, -0.15) is 12.6 Å². The summed E-state index contributed by atoms with van der Waals surface area (Å²) < 4.78 is 1.75. The highest BCUT2D eigenvalue weighted by atomic mass is 32.1. The second kappa shape index (κ2) is 5.12. The number of thiol groups is 1. The van der Waals surface area contributed by atoms with Crippen LogP contribution in [-0.2, 0) is 6.54 Å². The van der Waals surface area contributed by atoms with Gasteiger partial charge in [-0.25, -0.2) is 0 Å². The largest absolute Gasteiger partial charge is 0.316 e. The molecular weight excluding hydrogens is 182 g/mol. The molecule has 0 atom stereocenters. The molecule has 0 amide bonds. The Morgan fingerprint density at radius 2 is 2.23 bits per heavy atom. The molecule has 1 aromatic heterocycles. The number of aryl methyl sites for hydroxylation is 2. The summed E-state index contributed by atoms with van der Waals surface area (Å²) in [5, 5.41) is 0. The van der Waals surface area contributed by atoms with Crippen LogP contribution >= 0.6 is 12.6 Å². The zero-order chi connectivity index (χ0) is 9.68. The lowest BCUT2D eigenvalue weighted by Crippen LogP contribution is -2.18. The average molecular weight is 197 g/mol. The number of hydrogen-bond acceptors (Lipinski definition) is 2. The number of hydrogen-bond donors (Lipinski definition) is 1. The van der Waals surface area contributed by atoms with Gasteiger partial charge in [-0.3, -0.25) is 4.79 Å². The maximum atomic E-state index is 11.4. The monoisotopic (exact) mass is 197 g/mol. The maximum Gasteiger partial charge on any atom is 0.250 e. The molecule has 3 heteroatoms. The first kappa shape index (κ1) is 10.4. The van der Waals surface area contributed by atoms with Gasteiger partial charge in [0.05, 0.1) is 0 Å². The molecule has 0 N–H and O–H groups in total. The van der Waals surface area contributed by atoms with Gasteiger partial charge < -0.3 is 4.57 Å². The van der Waals surface area contributed by atoms with Gasteiger partial charge >= 0.3 is 0 Å². The molecule has 0 radical (unpaired) electrons. The summed E-state index contributed by atoms with van der Waals surface area (Å²) in [6.07, 6.45) is 3.94. The van der Waals surface area contributed by atoms with E-state index in [2.05, 4.69) is 12.6 Å². The first-order chi connectivity index (χ1) is 6.24. The Morgan fingerprint density at radius 1 is 1.46 bits per heavy atom. The highest BCUT2D eigenvalue weighted by Crippen LogP contribution is 1.96. The van der Waals surface area contributed by atoms with E-state index in [0.29, 0.717) is 0 Å². The van der Waals surface area contributed by atoms with Gasteiger partial charge in [0.25, 0.3) is 5.56 Å². The van der Waals surface area contributed by atoms with Crippen molar-refractivity contribution in [2.75, 3.05) is 5.75 Å². The standard InChI is InChI=1S/C10H15NOS/c1-9-4-6-11(10(12)8-9)5-2-3-7-13/h4,6,8,13H,2-3,5,7H2,1H3. The third-order valence-corrected chi connectivity index (χ3v) is 2.27. The van der Waals surface area contributed by atoms with Gasteiger partial charge in [0.15, 0.2) is 0 Å². The molecule has 0 saturated carbocycles. The van der Waals surface area contributed by atoms with E-state index < -0.39 is 0 Å². The highest BCUT2D eigenvalue weighted by molar-refractivity contribution is 7.80. The minimum absolute atomic E-state index is 0.0964. The summed E-state index contributed by atoms with van der Waals surface area (Å²) in [5.74, 6) is 0.889. The third-order valence-electron chi connectivity index (χ3n) is 1.96. The number of nitrogens with zero attached hydrogens (tertiary/aromatic N) is 1. The van der Waals surface area contributed by atoms with Crippen LogP contribution in [-0.4, -0.2) is 10.3 Å². The van der Waals surface area contributed by atoms with Crippen LogP contribution in [0.2, 0.25) is 0 Å². The molecule has 1 aromatic rings. The molecule has 0 aliphatic rings. The van der Waals surface area contributed by atoms with Crippen molar-refractivity contribution in [1.82, 2.24) is 4.57 Å². The van der Waals surface area contributed by atoms with Crippen LogP contribution in [0.4, 0.5) is 0 Å². The molecule has 0 aliphatic carbocycles. The van der Waals surface area contributed by atoms with Crippen LogP contribution < -0.4 is 5.56 Å². The first-order valence-electron chi connectivity index (χ1n) is 4.52. The predicted octanol–water partition coefficient (Wildman–Crippen LogP) is 1.87. The molecule has 0 spiro atoms. The van der Waals surface area contributed by atoms with E-state index >= 15 is 0 Å². The fourth-order valence-corrected chi connectivity index (χ4v) is 1.41. The first-order valence-corrected chi connectivity index (χ1v) is 5.15. The van der Waals surface area contributed by atoms with Gasteiger partial charge in [-0.05, 0) is 37.1 Å². The molecule has 0 unspecified atom stereocenters. The topological polar surface area (TPSA) is 22.0 Å². The predicted molar refractivity (Wildman–Crippen MR) is 58.5 cm³/mol. The summed E-state index contributed by atoms with van der Waals surface area (Å²) in [6, 6.07) is 3.63. The Morgan fingerprint density at radius 3 is 2.85 bits per heavy atom. The number of rotatable bonds is 4. The van der Waals surface area contributed by atoms with Gasteiger partial charge in [0, 0.05) is 18.8 Å². The Bertz CT molecular complexity index is 319. The van der Waals surface area contributed by atoms with Crippen molar-refractivity contribution >= 4 is 12.6 Å². The minimum Gasteiger partial charge on any atom is -0.316 e. The van der Waals surface area contributed by atoms with Gasteiger partial charge in [-0.15, -0.1) is 0 Å². The number of aromatic nitrogens is 1. The average Bonchev–Trinajstić information content (AvgIpc) is 2.09. The van der Waals surface area contributed by atoms with E-state index in [1.54, 1.807) is 10.6 Å². The van der Waals surface area contributed by atoms with Crippen LogP contribution in [0, 0.1) is 6.92 Å². The lowest BCUT2D eigenvalue weighted by Gasteiger charge is -2.04. The summed E-state index contributed by atoms with van der Waals surface area (Å²) in [4.78, 5) is 11.4. The van der Waals surface area contributed by atoms with Crippen molar-refractivity contribution in [3.05, 3.63) is 34.2 Å². The van der Waals surface area contributed by atoms with Crippen molar-refractivity contribution in [3.8, 4) is 0 Å². The third kappa shape index (κ3) is 3.27. The van der Waals surface area contributed by atoms with E-state index in [0.717, 1.165) is 30.7 Å². The SMILES string of the molecule is Cc1ccn(CCCCS)c(=O)c1. The maximum absolute atomic E-state index is 11.4. The van der Waals surface area contributed by atoms with Crippen LogP contribution in [0.25, 0.3) is 0 Å². The fourth-order valence-electron chi connectivity index (χ4n) is 1.19. The Balaban J connectivity index is 2.62. The number of pyridine rings is 1.